The average molecular weight is 1090 g/mol. The Bertz CT molecular complexity index is 3330. The first-order chi connectivity index (χ1) is 37.4. The van der Waals surface area contributed by atoms with E-state index in [1.807, 2.05) is 12.1 Å². The number of ether oxygens (including phenoxy) is 3. The maximum atomic E-state index is 14.9. The molecule has 6 aromatic rings. The van der Waals surface area contributed by atoms with Crippen LogP contribution in [0.2, 0.25) is 0 Å². The van der Waals surface area contributed by atoms with Gasteiger partial charge < -0.3 is 34.5 Å². The second-order valence-corrected chi connectivity index (χ2v) is 24.5. The highest BCUT2D eigenvalue weighted by molar-refractivity contribution is 7.90. The standard InChI is InChI=1S/C58H68FN9O9S/c1-35(2)43-8-6-7-9-44(43)52-48-24-39(34-66(48)33-37-10-13-41(75-4)14-11-37)67(52)40-28-58(29-40)20-22-65(23-21-58)38-12-15-45(50(25-38)77-51-27-46-47(59)32-62-53(46)63-56(51)76-5)55(69)64-78(73,74)42-26-49(68(71)72)54(61-31-42)60-30-36-16-18-57(3,70)19-17-36/h6-15,25-27,31-32,35-36,39-40,48,52,70H,16-24,28-30,33-34H2,1-5H3,(H,60,61)(H,62,63)(H,64,69)/t36?,39-,48-,52+,57?/m0/s1. The number of piperazine rings is 1. The van der Waals surface area contributed by atoms with Crippen molar-refractivity contribution in [2.45, 2.75) is 126 Å². The zero-order valence-corrected chi connectivity index (χ0v) is 45.5. The Balaban J connectivity index is 0.810. The number of aliphatic hydroxyl groups is 1. The number of carbonyl (C=O) groups is 1. The molecular formula is C58H68FN9O9S. The number of fused-ring (bicyclic) bond motifs is 3. The lowest BCUT2D eigenvalue weighted by atomic mass is 9.59. The lowest BCUT2D eigenvalue weighted by molar-refractivity contribution is -0.384. The molecule has 0 unspecified atom stereocenters. The fraction of sp³-hybridized carbons (Fsp3) is 0.466. The average Bonchev–Trinajstić information content (AvgIpc) is 4.26. The number of amides is 1. The number of hydrogen-bond donors (Lipinski definition) is 4. The summed E-state index contributed by atoms with van der Waals surface area (Å²) in [4.78, 5) is 44.2. The smallest absolute Gasteiger partial charge is 0.312 e. The molecule has 6 heterocycles. The van der Waals surface area contributed by atoms with Crippen LogP contribution in [0.25, 0.3) is 11.0 Å². The molecule has 20 heteroatoms. The number of nitrogens with zero attached hydrogens (tertiary/aromatic N) is 6. The number of likely N-dealkylation sites (tertiary alicyclic amines) is 2. The summed E-state index contributed by atoms with van der Waals surface area (Å²) in [6.45, 7) is 10.1. The van der Waals surface area contributed by atoms with E-state index in [0.29, 0.717) is 62.3 Å². The number of nitro groups is 1. The number of carbonyl (C=O) groups excluding carboxylic acids is 1. The van der Waals surface area contributed by atoms with Crippen LogP contribution in [0.4, 0.5) is 21.6 Å². The van der Waals surface area contributed by atoms with Crippen molar-refractivity contribution in [3.63, 3.8) is 0 Å². The van der Waals surface area contributed by atoms with Crippen molar-refractivity contribution >= 4 is 44.2 Å². The summed E-state index contributed by atoms with van der Waals surface area (Å²) in [6, 6.07) is 26.2. The minimum Gasteiger partial charge on any atom is -0.497 e. The monoisotopic (exact) mass is 1090 g/mol. The quantitative estimate of drug-likeness (QED) is 0.0494. The SMILES string of the molecule is COc1ccc(CN2C[C@@H]3C[C@H]2[C@@H](c2ccccc2C(C)C)N3C2CC3(CCN(c4ccc(C(=O)NS(=O)(=O)c5cnc(NCC6CCC(C)(O)CC6)c([N+](=O)[O-])c5)c(Oc5cc6c(F)c[nH]c6nc5OC)c4)CC3)C2)cc1. The topological polar surface area (TPSA) is 218 Å². The summed E-state index contributed by atoms with van der Waals surface area (Å²) in [6.07, 6.45) is 9.99. The molecule has 5 aliphatic rings. The number of rotatable bonds is 17. The van der Waals surface area contributed by atoms with Gasteiger partial charge in [-0.15, -0.1) is 0 Å². The van der Waals surface area contributed by atoms with Crippen LogP contribution in [0.1, 0.15) is 118 Å². The first-order valence-electron chi connectivity index (χ1n) is 27.1. The number of aromatic nitrogens is 3. The van der Waals surface area contributed by atoms with E-state index >= 15 is 0 Å². The molecule has 5 fully saturated rings. The van der Waals surface area contributed by atoms with Crippen molar-refractivity contribution < 1.29 is 41.8 Å². The second kappa shape index (κ2) is 21.1. The lowest BCUT2D eigenvalue weighted by Gasteiger charge is -2.58. The summed E-state index contributed by atoms with van der Waals surface area (Å²) in [5, 5.41) is 25.7. The van der Waals surface area contributed by atoms with Crippen LogP contribution in [-0.2, 0) is 16.6 Å². The Morgan fingerprint density at radius 1 is 0.974 bits per heavy atom. The van der Waals surface area contributed by atoms with E-state index in [0.717, 1.165) is 88.2 Å². The lowest BCUT2D eigenvalue weighted by Crippen LogP contribution is -2.60. The van der Waals surface area contributed by atoms with Gasteiger partial charge in [0.25, 0.3) is 21.8 Å². The van der Waals surface area contributed by atoms with Gasteiger partial charge in [0.2, 0.25) is 5.82 Å². The molecule has 2 saturated carbocycles. The van der Waals surface area contributed by atoms with Crippen LogP contribution in [0, 0.1) is 27.3 Å². The van der Waals surface area contributed by atoms with Crippen molar-refractivity contribution in [3.8, 4) is 23.1 Å². The molecule has 3 aromatic heterocycles. The van der Waals surface area contributed by atoms with E-state index in [1.54, 1.807) is 26.2 Å². The molecule has 1 amide bonds. The predicted octanol–water partition coefficient (Wildman–Crippen LogP) is 9.86. The number of nitrogens with one attached hydrogen (secondary N) is 3. The molecule has 0 radical (unpaired) electrons. The molecule has 11 rings (SSSR count). The van der Waals surface area contributed by atoms with Crippen LogP contribution in [0.5, 0.6) is 23.1 Å². The summed E-state index contributed by atoms with van der Waals surface area (Å²) in [5.41, 5.74) is 3.75. The molecule has 78 heavy (non-hydrogen) atoms. The van der Waals surface area contributed by atoms with Crippen molar-refractivity contribution in [2.24, 2.45) is 11.3 Å². The third-order valence-electron chi connectivity index (χ3n) is 17.5. The molecule has 18 nitrogen and oxygen atoms in total. The van der Waals surface area contributed by atoms with Gasteiger partial charge in [-0.25, -0.2) is 22.5 Å². The maximum absolute atomic E-state index is 14.9. The number of benzene rings is 3. The number of anilines is 2. The highest BCUT2D eigenvalue weighted by atomic mass is 32.2. The van der Waals surface area contributed by atoms with E-state index in [4.69, 9.17) is 14.2 Å². The molecule has 2 aliphatic carbocycles. The highest BCUT2D eigenvalue weighted by Crippen LogP contribution is 2.58. The molecule has 3 aliphatic heterocycles. The molecule has 3 aromatic carbocycles. The van der Waals surface area contributed by atoms with Gasteiger partial charge in [0.15, 0.2) is 5.75 Å². The van der Waals surface area contributed by atoms with Gasteiger partial charge in [-0.2, -0.15) is 4.98 Å². The molecule has 1 spiro atoms. The zero-order chi connectivity index (χ0) is 54.7. The molecule has 412 valence electrons. The van der Waals surface area contributed by atoms with Gasteiger partial charge in [0, 0.05) is 80.9 Å². The van der Waals surface area contributed by atoms with E-state index in [9.17, 15) is 32.8 Å². The number of hydrogen-bond acceptors (Lipinski definition) is 15. The number of methoxy groups -OCH3 is 2. The zero-order valence-electron chi connectivity index (χ0n) is 44.7. The number of H-pyrrole nitrogens is 1. The normalized spacial score (nSPS) is 23.4. The fourth-order valence-electron chi connectivity index (χ4n) is 13.2. The van der Waals surface area contributed by atoms with Crippen LogP contribution < -0.4 is 29.1 Å². The van der Waals surface area contributed by atoms with E-state index < -0.39 is 42.9 Å². The number of sulfonamides is 1. The first kappa shape index (κ1) is 53.1. The Morgan fingerprint density at radius 2 is 1.72 bits per heavy atom. The van der Waals surface area contributed by atoms with E-state index in [2.05, 4.69) is 89.9 Å². The van der Waals surface area contributed by atoms with Crippen LogP contribution in [0.15, 0.2) is 96.2 Å². The third kappa shape index (κ3) is 10.5. The van der Waals surface area contributed by atoms with Gasteiger partial charge >= 0.3 is 5.69 Å². The Labute approximate surface area is 453 Å². The van der Waals surface area contributed by atoms with Crippen molar-refractivity contribution in [1.82, 2.24) is 29.5 Å². The minimum absolute atomic E-state index is 0.0123. The van der Waals surface area contributed by atoms with Gasteiger partial charge in [0.1, 0.15) is 27.9 Å². The summed E-state index contributed by atoms with van der Waals surface area (Å²) in [5.74, 6) is -0.478. The van der Waals surface area contributed by atoms with Gasteiger partial charge in [0.05, 0.1) is 47.9 Å². The number of halogens is 1. The predicted molar refractivity (Wildman–Crippen MR) is 293 cm³/mol. The van der Waals surface area contributed by atoms with Crippen LogP contribution >= 0.6 is 0 Å². The summed E-state index contributed by atoms with van der Waals surface area (Å²) in [7, 11) is -1.67. The Hall–Kier alpha value is -6.87. The van der Waals surface area contributed by atoms with Gasteiger partial charge in [-0.3, -0.25) is 24.7 Å². The highest BCUT2D eigenvalue weighted by Gasteiger charge is 2.58. The van der Waals surface area contributed by atoms with E-state index in [1.165, 1.54) is 35.9 Å². The number of pyridine rings is 2. The Kier molecular flexibility index (Phi) is 14.4. The molecular weight excluding hydrogens is 1020 g/mol. The largest absolute Gasteiger partial charge is 0.497 e. The Morgan fingerprint density at radius 3 is 2.42 bits per heavy atom. The van der Waals surface area contributed by atoms with Crippen molar-refractivity contribution in [1.29, 1.82) is 0 Å². The van der Waals surface area contributed by atoms with Crippen molar-refractivity contribution in [2.75, 3.05) is 50.6 Å². The van der Waals surface area contributed by atoms with Crippen LogP contribution in [0.3, 0.4) is 0 Å². The second-order valence-electron chi connectivity index (χ2n) is 22.8. The molecule has 4 N–H and O–H groups in total. The fourth-order valence-corrected chi connectivity index (χ4v) is 14.1. The summed E-state index contributed by atoms with van der Waals surface area (Å²) < 4.78 is 62.2. The number of aromatic amines is 1. The molecule has 3 saturated heterocycles. The molecule has 2 bridgehead atoms. The van der Waals surface area contributed by atoms with Gasteiger partial charge in [-0.1, -0.05) is 50.2 Å². The van der Waals surface area contributed by atoms with Crippen LogP contribution in [-0.4, -0.2) is 113 Å². The number of piperidine rings is 1. The third-order valence-corrected chi connectivity index (χ3v) is 18.8. The summed E-state index contributed by atoms with van der Waals surface area (Å²) >= 11 is 0. The van der Waals surface area contributed by atoms with E-state index in [-0.39, 0.29) is 51.1 Å². The molecule has 3 atom stereocenters. The first-order valence-corrected chi connectivity index (χ1v) is 28.6. The maximum Gasteiger partial charge on any atom is 0.312 e. The van der Waals surface area contributed by atoms with Gasteiger partial charge in [-0.05, 0) is 123 Å². The minimum atomic E-state index is -4.74. The van der Waals surface area contributed by atoms with Crippen molar-refractivity contribution in [3.05, 3.63) is 129 Å².